The molecule has 1 aromatic carbocycles. The Bertz CT molecular complexity index is 431. The maximum Gasteiger partial charge on any atom is 0.239 e. The van der Waals surface area contributed by atoms with Gasteiger partial charge in [0.05, 0.1) is 5.25 Å². The molecular formula is C15H19NO2S. The summed E-state index contributed by atoms with van der Waals surface area (Å²) in [5.74, 6) is -0.0974. The summed E-state index contributed by atoms with van der Waals surface area (Å²) in [4.78, 5) is 23.4. The number of carbonyl (C=O) groups excluding carboxylic acids is 2. The third-order valence-electron chi connectivity index (χ3n) is 3.23. The minimum Gasteiger partial charge on any atom is -0.273 e. The topological polar surface area (TPSA) is 37.4 Å². The van der Waals surface area contributed by atoms with Gasteiger partial charge in [0.2, 0.25) is 11.8 Å². The van der Waals surface area contributed by atoms with E-state index in [0.29, 0.717) is 12.8 Å². The lowest BCUT2D eigenvalue weighted by molar-refractivity contribution is -0.131. The van der Waals surface area contributed by atoms with E-state index >= 15 is 0 Å². The van der Waals surface area contributed by atoms with Crippen LogP contribution in [0.1, 0.15) is 49.8 Å². The molecule has 1 saturated heterocycles. The molecule has 1 aliphatic heterocycles. The van der Waals surface area contributed by atoms with Gasteiger partial charge in [-0.05, 0) is 23.9 Å². The lowest BCUT2D eigenvalue weighted by Gasteiger charge is -2.21. The molecular weight excluding hydrogens is 258 g/mol. The number of rotatable bonds is 6. The molecule has 1 unspecified atom stereocenters. The van der Waals surface area contributed by atoms with Crippen molar-refractivity contribution in [2.75, 3.05) is 0 Å². The summed E-state index contributed by atoms with van der Waals surface area (Å²) in [7, 11) is 0. The Balaban J connectivity index is 2.10. The van der Waals surface area contributed by atoms with Crippen LogP contribution in [-0.4, -0.2) is 16.1 Å². The van der Waals surface area contributed by atoms with Gasteiger partial charge in [-0.25, -0.2) is 4.31 Å². The van der Waals surface area contributed by atoms with E-state index < -0.39 is 0 Å². The van der Waals surface area contributed by atoms with Gasteiger partial charge in [0.25, 0.3) is 0 Å². The number of nitrogens with zero attached hydrogens (tertiary/aromatic N) is 1. The summed E-state index contributed by atoms with van der Waals surface area (Å²) in [5.41, 5.74) is 1.19. The molecule has 1 heterocycles. The Morgan fingerprint density at radius 3 is 2.37 bits per heavy atom. The van der Waals surface area contributed by atoms with Gasteiger partial charge in [-0.1, -0.05) is 50.1 Å². The van der Waals surface area contributed by atoms with E-state index in [2.05, 4.69) is 19.1 Å². The highest BCUT2D eigenvalue weighted by molar-refractivity contribution is 7.98. The van der Waals surface area contributed by atoms with Crippen molar-refractivity contribution in [2.24, 2.45) is 0 Å². The van der Waals surface area contributed by atoms with Gasteiger partial charge >= 0.3 is 0 Å². The minimum absolute atomic E-state index is 0.0487. The number of hydrogen-bond acceptors (Lipinski definition) is 3. The number of amides is 2. The highest BCUT2D eigenvalue weighted by Gasteiger charge is 2.32. The highest BCUT2D eigenvalue weighted by Crippen LogP contribution is 2.38. The van der Waals surface area contributed by atoms with Crippen molar-refractivity contribution in [3.63, 3.8) is 0 Å². The van der Waals surface area contributed by atoms with Crippen molar-refractivity contribution < 1.29 is 9.59 Å². The molecule has 0 aromatic heterocycles. The Labute approximate surface area is 118 Å². The smallest absolute Gasteiger partial charge is 0.239 e. The van der Waals surface area contributed by atoms with Crippen LogP contribution in [0.3, 0.4) is 0 Å². The highest BCUT2D eigenvalue weighted by atomic mass is 32.2. The standard InChI is InChI=1S/C15H19NO2S/c1-2-3-9-13(12-7-5-4-6-8-12)19-16-14(17)10-11-15(16)18/h4-8,13H,2-3,9-11H2,1H3. The van der Waals surface area contributed by atoms with E-state index in [1.165, 1.54) is 21.8 Å². The summed E-state index contributed by atoms with van der Waals surface area (Å²) in [6.07, 6.45) is 3.93. The van der Waals surface area contributed by atoms with Crippen LogP contribution in [0, 0.1) is 0 Å². The molecule has 1 atom stereocenters. The van der Waals surface area contributed by atoms with Gasteiger partial charge in [-0.15, -0.1) is 0 Å². The average Bonchev–Trinajstić information content (AvgIpc) is 2.75. The molecule has 3 nitrogen and oxygen atoms in total. The first kappa shape index (κ1) is 14.1. The summed E-state index contributed by atoms with van der Waals surface area (Å²) in [6, 6.07) is 10.1. The Kier molecular flexibility index (Phi) is 5.02. The summed E-state index contributed by atoms with van der Waals surface area (Å²) < 4.78 is 1.37. The van der Waals surface area contributed by atoms with E-state index in [9.17, 15) is 9.59 Å². The predicted octanol–water partition coefficient (Wildman–Crippen LogP) is 3.72. The fourth-order valence-electron chi connectivity index (χ4n) is 2.14. The predicted molar refractivity (Wildman–Crippen MR) is 77.4 cm³/mol. The number of unbranched alkanes of at least 4 members (excludes halogenated alkanes) is 1. The largest absolute Gasteiger partial charge is 0.273 e. The van der Waals surface area contributed by atoms with Gasteiger partial charge in [0.1, 0.15) is 0 Å². The number of benzene rings is 1. The summed E-state index contributed by atoms with van der Waals surface area (Å²) in [6.45, 7) is 2.15. The Morgan fingerprint density at radius 2 is 1.79 bits per heavy atom. The molecule has 19 heavy (non-hydrogen) atoms. The van der Waals surface area contributed by atoms with Crippen LogP contribution < -0.4 is 0 Å². The second-order valence-corrected chi connectivity index (χ2v) is 5.87. The summed E-state index contributed by atoms with van der Waals surface area (Å²) >= 11 is 1.40. The van der Waals surface area contributed by atoms with Crippen LogP contribution in [0.2, 0.25) is 0 Å². The maximum absolute atomic E-state index is 11.7. The van der Waals surface area contributed by atoms with E-state index in [4.69, 9.17) is 0 Å². The zero-order valence-electron chi connectivity index (χ0n) is 11.2. The third-order valence-corrected chi connectivity index (χ3v) is 4.61. The molecule has 0 radical (unpaired) electrons. The van der Waals surface area contributed by atoms with Crippen molar-refractivity contribution in [3.05, 3.63) is 35.9 Å². The molecule has 0 bridgehead atoms. The first-order chi connectivity index (χ1) is 9.22. The van der Waals surface area contributed by atoms with Crippen molar-refractivity contribution in [3.8, 4) is 0 Å². The lowest BCUT2D eigenvalue weighted by atomic mass is 10.1. The molecule has 4 heteroatoms. The number of imide groups is 1. The fourth-order valence-corrected chi connectivity index (χ4v) is 3.36. The lowest BCUT2D eigenvalue weighted by Crippen LogP contribution is -2.22. The first-order valence-electron chi connectivity index (χ1n) is 6.80. The Morgan fingerprint density at radius 1 is 1.16 bits per heavy atom. The first-order valence-corrected chi connectivity index (χ1v) is 7.63. The van der Waals surface area contributed by atoms with Crippen LogP contribution in [0.5, 0.6) is 0 Å². The zero-order valence-corrected chi connectivity index (χ0v) is 12.0. The van der Waals surface area contributed by atoms with E-state index in [1.54, 1.807) is 0 Å². The van der Waals surface area contributed by atoms with Crippen molar-refractivity contribution in [1.29, 1.82) is 0 Å². The molecule has 1 aromatic rings. The van der Waals surface area contributed by atoms with Crippen molar-refractivity contribution in [1.82, 2.24) is 4.31 Å². The van der Waals surface area contributed by atoms with Gasteiger partial charge < -0.3 is 0 Å². The fraction of sp³-hybridized carbons (Fsp3) is 0.467. The van der Waals surface area contributed by atoms with Crippen molar-refractivity contribution >= 4 is 23.8 Å². The quantitative estimate of drug-likeness (QED) is 0.587. The van der Waals surface area contributed by atoms with E-state index in [1.807, 2.05) is 18.2 Å². The minimum atomic E-state index is -0.0487. The van der Waals surface area contributed by atoms with E-state index in [0.717, 1.165) is 19.3 Å². The second-order valence-electron chi connectivity index (χ2n) is 4.73. The third kappa shape index (κ3) is 3.60. The normalized spacial score (nSPS) is 17.0. The van der Waals surface area contributed by atoms with E-state index in [-0.39, 0.29) is 17.1 Å². The molecule has 102 valence electrons. The number of hydrogen-bond donors (Lipinski definition) is 0. The average molecular weight is 277 g/mol. The van der Waals surface area contributed by atoms with Crippen LogP contribution in [0.15, 0.2) is 30.3 Å². The molecule has 2 amide bonds. The van der Waals surface area contributed by atoms with Gasteiger partial charge in [0, 0.05) is 12.8 Å². The molecule has 0 spiro atoms. The molecule has 1 aliphatic rings. The van der Waals surface area contributed by atoms with Crippen LogP contribution in [0.25, 0.3) is 0 Å². The van der Waals surface area contributed by atoms with Gasteiger partial charge in [-0.2, -0.15) is 0 Å². The zero-order chi connectivity index (χ0) is 13.7. The Hall–Kier alpha value is -1.29. The number of carbonyl (C=O) groups is 2. The SMILES string of the molecule is CCCCC(SN1C(=O)CCC1=O)c1ccccc1. The molecule has 0 N–H and O–H groups in total. The van der Waals surface area contributed by atoms with Crippen LogP contribution in [-0.2, 0) is 9.59 Å². The molecule has 0 saturated carbocycles. The van der Waals surface area contributed by atoms with Crippen molar-refractivity contribution in [2.45, 2.75) is 44.3 Å². The van der Waals surface area contributed by atoms with Crippen LogP contribution >= 0.6 is 11.9 Å². The van der Waals surface area contributed by atoms with Crippen LogP contribution in [0.4, 0.5) is 0 Å². The molecule has 1 fully saturated rings. The maximum atomic E-state index is 11.7. The van der Waals surface area contributed by atoms with Gasteiger partial charge in [-0.3, -0.25) is 9.59 Å². The second kappa shape index (κ2) is 6.75. The summed E-state index contributed by atoms with van der Waals surface area (Å²) in [5, 5.41) is 0.187. The molecule has 2 rings (SSSR count). The molecule has 0 aliphatic carbocycles. The monoisotopic (exact) mass is 277 g/mol. The van der Waals surface area contributed by atoms with Gasteiger partial charge in [0.15, 0.2) is 0 Å².